The Balaban J connectivity index is 1.38. The van der Waals surface area contributed by atoms with Crippen LogP contribution in [0, 0.1) is 11.3 Å². The number of likely N-dealkylation sites (tertiary alicyclic amines) is 1. The van der Waals surface area contributed by atoms with Crippen LogP contribution < -0.4 is 13.8 Å². The molecule has 264 valence electrons. The summed E-state index contributed by atoms with van der Waals surface area (Å²) in [6.45, 7) is 11.0. The number of anilines is 1. The van der Waals surface area contributed by atoms with Crippen LogP contribution >= 0.6 is 0 Å². The fourth-order valence-electron chi connectivity index (χ4n) is 7.08. The summed E-state index contributed by atoms with van der Waals surface area (Å²) >= 11 is 0. The average molecular weight is 703 g/mol. The average Bonchev–Trinajstić information content (AvgIpc) is 3.39. The van der Waals surface area contributed by atoms with Gasteiger partial charge < -0.3 is 19.1 Å². The first kappa shape index (κ1) is 35.1. The number of fused-ring (bicyclic) bond motifs is 1. The number of benzene rings is 2. The lowest BCUT2D eigenvalue weighted by Gasteiger charge is -2.43. The van der Waals surface area contributed by atoms with Gasteiger partial charge >= 0.3 is 6.09 Å². The number of amides is 2. The number of carbonyl (C=O) groups is 2. The fourth-order valence-corrected chi connectivity index (χ4v) is 8.53. The minimum absolute atomic E-state index is 0.00703. The number of piperidine rings is 1. The molecule has 3 aromatic rings. The van der Waals surface area contributed by atoms with Crippen LogP contribution in [0.4, 0.5) is 10.5 Å². The van der Waals surface area contributed by atoms with Gasteiger partial charge in [-0.2, -0.15) is 9.57 Å². The normalized spacial score (nSPS) is 20.4. The van der Waals surface area contributed by atoms with Crippen LogP contribution in [0.25, 0.3) is 0 Å². The Morgan fingerprint density at radius 1 is 1.02 bits per heavy atom. The van der Waals surface area contributed by atoms with E-state index in [9.17, 15) is 23.3 Å². The Bertz CT molecular complexity index is 1880. The van der Waals surface area contributed by atoms with Gasteiger partial charge in [-0.25, -0.2) is 18.2 Å². The maximum absolute atomic E-state index is 15.0. The molecular formula is C36H42N6O7S. The van der Waals surface area contributed by atoms with Gasteiger partial charge in [0.15, 0.2) is 0 Å². The number of carbonyl (C=O) groups excluding carboxylic acids is 2. The topological polar surface area (TPSA) is 146 Å². The van der Waals surface area contributed by atoms with E-state index in [0.717, 1.165) is 39.0 Å². The first-order chi connectivity index (χ1) is 24.0. The maximum atomic E-state index is 15.0. The molecule has 1 aromatic heterocycles. The molecule has 2 saturated heterocycles. The summed E-state index contributed by atoms with van der Waals surface area (Å²) < 4.78 is 46.6. The zero-order chi connectivity index (χ0) is 35.6. The highest BCUT2D eigenvalue weighted by Gasteiger charge is 2.61. The van der Waals surface area contributed by atoms with Crippen molar-refractivity contribution in [3.8, 4) is 17.7 Å². The summed E-state index contributed by atoms with van der Waals surface area (Å²) in [5.41, 5.74) is -2.20. The van der Waals surface area contributed by atoms with Crippen LogP contribution in [0.2, 0.25) is 0 Å². The van der Waals surface area contributed by atoms with Crippen molar-refractivity contribution in [1.82, 2.24) is 19.7 Å². The van der Waals surface area contributed by atoms with Crippen molar-refractivity contribution in [2.75, 3.05) is 57.3 Å². The smallest absolute Gasteiger partial charge is 0.411 e. The number of piperazine rings is 1. The molecule has 14 heteroatoms. The molecule has 2 aromatic carbocycles. The van der Waals surface area contributed by atoms with E-state index in [4.69, 9.17) is 14.2 Å². The highest BCUT2D eigenvalue weighted by molar-refractivity contribution is 7.93. The number of hydrogen-bond acceptors (Lipinski definition) is 11. The van der Waals surface area contributed by atoms with E-state index in [1.165, 1.54) is 61.8 Å². The zero-order valence-electron chi connectivity index (χ0n) is 28.7. The first-order valence-corrected chi connectivity index (χ1v) is 18.3. The van der Waals surface area contributed by atoms with Crippen molar-refractivity contribution >= 4 is 27.7 Å². The van der Waals surface area contributed by atoms with Crippen LogP contribution in [0.15, 0.2) is 65.7 Å². The summed E-state index contributed by atoms with van der Waals surface area (Å²) in [6, 6.07) is 15.7. The number of rotatable bonds is 9. The predicted octanol–water partition coefficient (Wildman–Crippen LogP) is 3.97. The van der Waals surface area contributed by atoms with Crippen molar-refractivity contribution < 1.29 is 32.2 Å². The number of hydrogen-bond donors (Lipinski definition) is 0. The van der Waals surface area contributed by atoms with Crippen molar-refractivity contribution in [2.24, 2.45) is 0 Å². The molecule has 4 heterocycles. The lowest BCUT2D eigenvalue weighted by atomic mass is 9.87. The van der Waals surface area contributed by atoms with Crippen molar-refractivity contribution in [1.29, 1.82) is 5.26 Å². The molecule has 1 atom stereocenters. The van der Waals surface area contributed by atoms with Crippen LogP contribution in [0.5, 0.6) is 11.6 Å². The summed E-state index contributed by atoms with van der Waals surface area (Å²) in [4.78, 5) is 39.9. The molecule has 0 bridgehead atoms. The van der Waals surface area contributed by atoms with Gasteiger partial charge in [0.25, 0.3) is 21.5 Å². The molecule has 0 spiro atoms. The number of ether oxygens (including phenoxy) is 3. The lowest BCUT2D eigenvalue weighted by Crippen LogP contribution is -2.55. The number of nitriles is 1. The number of aromatic nitrogens is 1. The summed E-state index contributed by atoms with van der Waals surface area (Å²) in [7, 11) is -3.11. The number of nitrogens with zero attached hydrogens (tertiary/aromatic N) is 6. The van der Waals surface area contributed by atoms with Crippen LogP contribution in [0.3, 0.4) is 0 Å². The SMILES string of the molecule is CCOc1ncccc1C1(OC(=O)N2CCC(N3CCN(C(C)C)CC3)CC2)C(=O)N(S(=O)(=O)c2ccc(OC)cc2)c2ccc(C#N)cc21. The fraction of sp³-hybridized carbons (Fsp3) is 0.444. The molecule has 3 aliphatic rings. The number of pyridine rings is 1. The summed E-state index contributed by atoms with van der Waals surface area (Å²) in [5.74, 6) is -0.636. The zero-order valence-corrected chi connectivity index (χ0v) is 29.6. The quantitative estimate of drug-likeness (QED) is 0.319. The van der Waals surface area contributed by atoms with E-state index in [-0.39, 0.29) is 39.8 Å². The Morgan fingerprint density at radius 3 is 2.34 bits per heavy atom. The summed E-state index contributed by atoms with van der Waals surface area (Å²) in [6.07, 6.45) is 2.13. The molecule has 1 unspecified atom stereocenters. The third-order valence-corrected chi connectivity index (χ3v) is 11.5. The van der Waals surface area contributed by atoms with Gasteiger partial charge in [0.2, 0.25) is 5.88 Å². The third kappa shape index (κ3) is 6.25. The van der Waals surface area contributed by atoms with Crippen LogP contribution in [-0.2, 0) is 25.2 Å². The molecule has 0 N–H and O–H groups in total. The monoisotopic (exact) mass is 702 g/mol. The molecule has 6 rings (SSSR count). The second-order valence-electron chi connectivity index (χ2n) is 12.8. The van der Waals surface area contributed by atoms with Gasteiger partial charge in [0.1, 0.15) is 5.75 Å². The number of methoxy groups -OCH3 is 1. The summed E-state index contributed by atoms with van der Waals surface area (Å²) in [5, 5.41) is 9.89. The van der Waals surface area contributed by atoms with E-state index < -0.39 is 27.6 Å². The lowest BCUT2D eigenvalue weighted by molar-refractivity contribution is -0.132. The third-order valence-electron chi connectivity index (χ3n) is 9.80. The van der Waals surface area contributed by atoms with E-state index >= 15 is 0 Å². The largest absolute Gasteiger partial charge is 0.497 e. The second-order valence-corrected chi connectivity index (χ2v) is 14.6. The highest BCUT2D eigenvalue weighted by Crippen LogP contribution is 2.51. The molecule has 0 radical (unpaired) electrons. The van der Waals surface area contributed by atoms with E-state index in [0.29, 0.717) is 35.2 Å². The predicted molar refractivity (Wildman–Crippen MR) is 184 cm³/mol. The van der Waals surface area contributed by atoms with Gasteiger partial charge in [-0.1, -0.05) is 0 Å². The van der Waals surface area contributed by atoms with Gasteiger partial charge in [0, 0.05) is 63.1 Å². The Morgan fingerprint density at radius 2 is 1.72 bits per heavy atom. The Kier molecular flexibility index (Phi) is 10.0. The van der Waals surface area contributed by atoms with Gasteiger partial charge in [-0.3, -0.25) is 14.6 Å². The van der Waals surface area contributed by atoms with Gasteiger partial charge in [-0.15, -0.1) is 0 Å². The van der Waals surface area contributed by atoms with Crippen molar-refractivity contribution in [3.05, 3.63) is 77.5 Å². The van der Waals surface area contributed by atoms with Gasteiger partial charge in [0.05, 0.1) is 41.5 Å². The van der Waals surface area contributed by atoms with E-state index in [1.807, 2.05) is 0 Å². The highest BCUT2D eigenvalue weighted by atomic mass is 32.2. The molecule has 13 nitrogen and oxygen atoms in total. The minimum Gasteiger partial charge on any atom is -0.497 e. The van der Waals surface area contributed by atoms with E-state index in [1.54, 1.807) is 17.9 Å². The molecule has 0 saturated carbocycles. The van der Waals surface area contributed by atoms with Crippen molar-refractivity contribution in [3.63, 3.8) is 0 Å². The first-order valence-electron chi connectivity index (χ1n) is 16.9. The van der Waals surface area contributed by atoms with Crippen LogP contribution in [-0.4, -0.2) is 105 Å². The number of sulfonamides is 1. The minimum atomic E-state index is -4.57. The second kappa shape index (κ2) is 14.3. The molecule has 3 aliphatic heterocycles. The molecule has 2 amide bonds. The standard InChI is InChI=1S/C36H42N6O7S/c1-5-48-33-30(7-6-16-38-33)36(49-35(44)41-17-14-27(15-18-41)40-21-19-39(20-22-40)25(2)3)31-23-26(24-37)8-13-32(31)42(34(36)43)50(45,46)29-11-9-28(47-4)10-12-29/h6-13,16,23,25,27H,5,14-15,17-22H2,1-4H3. The molecule has 50 heavy (non-hydrogen) atoms. The Hall–Kier alpha value is -4.71. The molecule has 2 fully saturated rings. The van der Waals surface area contributed by atoms with Crippen LogP contribution in [0.1, 0.15) is 50.3 Å². The van der Waals surface area contributed by atoms with Crippen molar-refractivity contribution in [2.45, 2.75) is 56.2 Å². The van der Waals surface area contributed by atoms with Gasteiger partial charge in [-0.05, 0) is 88.2 Å². The molecular weight excluding hydrogens is 660 g/mol. The van der Waals surface area contributed by atoms with E-state index in [2.05, 4.69) is 34.7 Å². The maximum Gasteiger partial charge on any atom is 0.411 e. The Labute approximate surface area is 293 Å². The molecule has 0 aliphatic carbocycles.